The molecule has 2 amide bonds. The van der Waals surface area contributed by atoms with Crippen molar-refractivity contribution < 1.29 is 13.6 Å². The Bertz CT molecular complexity index is 1420. The van der Waals surface area contributed by atoms with E-state index in [1.807, 2.05) is 20.8 Å². The Hall–Kier alpha value is -3.63. The molecular weight excluding hydrogens is 494 g/mol. The van der Waals surface area contributed by atoms with Crippen molar-refractivity contribution >= 4 is 46.3 Å². The van der Waals surface area contributed by atoms with Crippen LogP contribution < -0.4 is 16.4 Å². The molecular formula is C24H21ClF2N6OS. The summed E-state index contributed by atoms with van der Waals surface area (Å²) in [6.45, 7) is 6.06. The van der Waals surface area contributed by atoms with Gasteiger partial charge in [0, 0.05) is 22.3 Å². The van der Waals surface area contributed by atoms with E-state index in [4.69, 9.17) is 22.3 Å². The molecule has 0 fully saturated rings. The highest BCUT2D eigenvalue weighted by Crippen LogP contribution is 2.41. The van der Waals surface area contributed by atoms with E-state index in [0.29, 0.717) is 21.8 Å². The van der Waals surface area contributed by atoms with Crippen molar-refractivity contribution in [1.82, 2.24) is 15.0 Å². The Kier molecular flexibility index (Phi) is 6.68. The first-order valence-corrected chi connectivity index (χ1v) is 11.6. The second-order valence-electron chi connectivity index (χ2n) is 8.68. The van der Waals surface area contributed by atoms with Crippen LogP contribution in [0.15, 0.2) is 48.7 Å². The van der Waals surface area contributed by atoms with Crippen molar-refractivity contribution in [3.8, 4) is 21.8 Å². The molecule has 2 aromatic heterocycles. The van der Waals surface area contributed by atoms with Crippen molar-refractivity contribution in [3.63, 3.8) is 0 Å². The minimum atomic E-state index is -0.744. The largest absolute Gasteiger partial charge is 0.368 e. The van der Waals surface area contributed by atoms with E-state index in [-0.39, 0.29) is 27.8 Å². The number of hydrogen-bond donors (Lipinski definition) is 3. The van der Waals surface area contributed by atoms with Crippen molar-refractivity contribution in [2.75, 3.05) is 16.4 Å². The molecule has 0 aliphatic carbocycles. The monoisotopic (exact) mass is 514 g/mol. The molecule has 2 heterocycles. The summed E-state index contributed by atoms with van der Waals surface area (Å²) in [6, 6.07) is 8.90. The number of nitrogen functional groups attached to an aromatic ring is 1. The molecule has 7 nitrogen and oxygen atoms in total. The number of nitrogens with one attached hydrogen (secondary N) is 2. The number of nitrogens with zero attached hydrogens (tertiary/aromatic N) is 3. The average molecular weight is 515 g/mol. The third-order valence-corrected chi connectivity index (χ3v) is 6.55. The zero-order valence-electron chi connectivity index (χ0n) is 19.0. The maximum absolute atomic E-state index is 14.6. The molecule has 0 saturated carbocycles. The van der Waals surface area contributed by atoms with Gasteiger partial charge in [-0.3, -0.25) is 0 Å². The summed E-state index contributed by atoms with van der Waals surface area (Å²) in [7, 11) is 0. The van der Waals surface area contributed by atoms with Crippen molar-refractivity contribution in [3.05, 3.63) is 70.3 Å². The third-order valence-electron chi connectivity index (χ3n) is 4.78. The van der Waals surface area contributed by atoms with Gasteiger partial charge >= 0.3 is 6.03 Å². The first-order valence-electron chi connectivity index (χ1n) is 10.4. The summed E-state index contributed by atoms with van der Waals surface area (Å²) in [4.78, 5) is 26.1. The lowest BCUT2D eigenvalue weighted by Crippen LogP contribution is -2.20. The van der Waals surface area contributed by atoms with Crippen LogP contribution in [0, 0.1) is 11.6 Å². The lowest BCUT2D eigenvalue weighted by molar-refractivity contribution is 0.262. The Morgan fingerprint density at radius 1 is 1.06 bits per heavy atom. The zero-order chi connectivity index (χ0) is 25.3. The van der Waals surface area contributed by atoms with Crippen LogP contribution in [0.4, 0.5) is 30.9 Å². The molecule has 4 rings (SSSR count). The maximum atomic E-state index is 14.6. The third kappa shape index (κ3) is 5.72. The summed E-state index contributed by atoms with van der Waals surface area (Å²) >= 11 is 7.14. The lowest BCUT2D eigenvalue weighted by Gasteiger charge is -2.13. The van der Waals surface area contributed by atoms with Gasteiger partial charge in [0.2, 0.25) is 5.95 Å². The lowest BCUT2D eigenvalue weighted by atomic mass is 9.98. The normalized spacial score (nSPS) is 11.4. The number of carbonyl (C=O) groups excluding carboxylic acids is 1. The number of halogens is 3. The first kappa shape index (κ1) is 24.5. The maximum Gasteiger partial charge on any atom is 0.323 e. The molecule has 0 radical (unpaired) electrons. The fourth-order valence-electron chi connectivity index (χ4n) is 3.18. The van der Waals surface area contributed by atoms with Crippen molar-refractivity contribution in [2.24, 2.45) is 0 Å². The highest BCUT2D eigenvalue weighted by molar-refractivity contribution is 7.15. The molecule has 0 aliphatic heterocycles. The first-order chi connectivity index (χ1) is 16.5. The molecule has 0 bridgehead atoms. The summed E-state index contributed by atoms with van der Waals surface area (Å²) in [5, 5.41) is 5.93. The predicted octanol–water partition coefficient (Wildman–Crippen LogP) is 6.72. The number of urea groups is 1. The molecule has 0 spiro atoms. The van der Waals surface area contributed by atoms with Gasteiger partial charge in [0.05, 0.1) is 21.3 Å². The topological polar surface area (TPSA) is 106 Å². The van der Waals surface area contributed by atoms with Gasteiger partial charge in [0.25, 0.3) is 0 Å². The van der Waals surface area contributed by atoms with Crippen LogP contribution in [0.25, 0.3) is 21.8 Å². The molecule has 35 heavy (non-hydrogen) atoms. The van der Waals surface area contributed by atoms with Gasteiger partial charge < -0.3 is 16.4 Å². The standard InChI is InChI=1S/C24H21ClF2N6OS/c1-24(2,3)21-33-19(18-6-7-29-22(28)31-18)20(35-21)12-8-14(26)11-15(9-12)30-23(34)32-17-5-4-13(25)10-16(17)27/h4-11H,1-3H3,(H2,28,29,31)(H2,30,32,34). The van der Waals surface area contributed by atoms with Gasteiger partial charge in [0.15, 0.2) is 0 Å². The van der Waals surface area contributed by atoms with Gasteiger partial charge in [-0.25, -0.2) is 28.5 Å². The minimum absolute atomic E-state index is 0.0653. The average Bonchev–Trinajstić information content (AvgIpc) is 3.22. The highest BCUT2D eigenvalue weighted by atomic mass is 35.5. The molecule has 11 heteroatoms. The molecule has 2 aromatic carbocycles. The number of amides is 2. The number of carbonyl (C=O) groups is 1. The van der Waals surface area contributed by atoms with Crippen LogP contribution in [-0.2, 0) is 5.41 Å². The Morgan fingerprint density at radius 3 is 2.51 bits per heavy atom. The van der Waals surface area contributed by atoms with E-state index in [9.17, 15) is 13.6 Å². The molecule has 0 aliphatic rings. The smallest absolute Gasteiger partial charge is 0.323 e. The van der Waals surface area contributed by atoms with Gasteiger partial charge in [-0.05, 0) is 48.0 Å². The minimum Gasteiger partial charge on any atom is -0.368 e. The van der Waals surface area contributed by atoms with Gasteiger partial charge in [-0.15, -0.1) is 11.3 Å². The number of nitrogens with two attached hydrogens (primary N) is 1. The van der Waals surface area contributed by atoms with E-state index >= 15 is 0 Å². The van der Waals surface area contributed by atoms with E-state index < -0.39 is 17.7 Å². The second kappa shape index (κ2) is 9.55. The molecule has 180 valence electrons. The second-order valence-corrected chi connectivity index (χ2v) is 10.1. The zero-order valence-corrected chi connectivity index (χ0v) is 20.6. The Morgan fingerprint density at radius 2 is 1.83 bits per heavy atom. The Balaban J connectivity index is 1.70. The molecule has 4 aromatic rings. The number of anilines is 3. The Labute approximate surface area is 209 Å². The van der Waals surface area contributed by atoms with Crippen LogP contribution in [0.2, 0.25) is 5.02 Å². The van der Waals surface area contributed by atoms with Crippen LogP contribution >= 0.6 is 22.9 Å². The van der Waals surface area contributed by atoms with Crippen LogP contribution in [0.1, 0.15) is 25.8 Å². The summed E-state index contributed by atoms with van der Waals surface area (Å²) < 4.78 is 28.7. The van der Waals surface area contributed by atoms with Crippen LogP contribution in [0.5, 0.6) is 0 Å². The number of hydrogen-bond acceptors (Lipinski definition) is 6. The van der Waals surface area contributed by atoms with E-state index in [1.54, 1.807) is 12.1 Å². The van der Waals surface area contributed by atoms with E-state index in [0.717, 1.165) is 17.1 Å². The van der Waals surface area contributed by atoms with Gasteiger partial charge in [0.1, 0.15) is 17.3 Å². The number of benzene rings is 2. The van der Waals surface area contributed by atoms with Crippen LogP contribution in [0.3, 0.4) is 0 Å². The number of rotatable bonds is 4. The summed E-state index contributed by atoms with van der Waals surface area (Å²) in [5.74, 6) is -1.18. The van der Waals surface area contributed by atoms with Crippen molar-refractivity contribution in [2.45, 2.75) is 26.2 Å². The quantitative estimate of drug-likeness (QED) is 0.280. The molecule has 0 saturated heterocycles. The molecule has 0 atom stereocenters. The fourth-order valence-corrected chi connectivity index (χ4v) is 4.46. The number of thiazole rings is 1. The van der Waals surface area contributed by atoms with E-state index in [1.165, 1.54) is 35.7 Å². The summed E-state index contributed by atoms with van der Waals surface area (Å²) in [5.41, 5.74) is 7.11. The fraction of sp³-hybridized carbons (Fsp3) is 0.167. The van der Waals surface area contributed by atoms with Crippen molar-refractivity contribution in [1.29, 1.82) is 0 Å². The van der Waals surface area contributed by atoms with E-state index in [2.05, 4.69) is 20.6 Å². The molecule has 4 N–H and O–H groups in total. The predicted molar refractivity (Wildman–Crippen MR) is 136 cm³/mol. The van der Waals surface area contributed by atoms with Gasteiger partial charge in [-0.2, -0.15) is 0 Å². The SMILES string of the molecule is CC(C)(C)c1nc(-c2ccnc(N)n2)c(-c2cc(F)cc(NC(=O)Nc3ccc(Cl)cc3F)c2)s1. The summed E-state index contributed by atoms with van der Waals surface area (Å²) in [6.07, 6.45) is 1.52. The van der Waals surface area contributed by atoms with Crippen LogP contribution in [-0.4, -0.2) is 21.0 Å². The molecule has 0 unspecified atom stereocenters. The number of aromatic nitrogens is 3. The highest BCUT2D eigenvalue weighted by Gasteiger charge is 2.24. The van der Waals surface area contributed by atoms with Gasteiger partial charge in [-0.1, -0.05) is 32.4 Å².